The summed E-state index contributed by atoms with van der Waals surface area (Å²) in [4.78, 5) is 10.3. The molecule has 1 fully saturated rings. The van der Waals surface area contributed by atoms with Crippen LogP contribution in [-0.2, 0) is 6.54 Å². The number of thioether (sulfide) groups is 1. The second-order valence-corrected chi connectivity index (χ2v) is 7.03. The van der Waals surface area contributed by atoms with Crippen molar-refractivity contribution in [3.63, 3.8) is 0 Å². The molecule has 0 bridgehead atoms. The number of hydrogen-bond donors (Lipinski definition) is 1. The van der Waals surface area contributed by atoms with Crippen molar-refractivity contribution < 1.29 is 14.8 Å². The number of aromatic nitrogens is 3. The number of aliphatic hydroxyl groups excluding tert-OH is 1. The fourth-order valence-electron chi connectivity index (χ4n) is 2.45. The predicted octanol–water partition coefficient (Wildman–Crippen LogP) is 2.78. The van der Waals surface area contributed by atoms with Gasteiger partial charge in [-0.2, -0.15) is 0 Å². The first kappa shape index (κ1) is 18.4. The molecule has 1 aliphatic rings. The third-order valence-corrected chi connectivity index (χ3v) is 4.99. The first-order chi connectivity index (χ1) is 12.6. The average Bonchev–Trinajstić information content (AvgIpc) is 3.40. The van der Waals surface area contributed by atoms with Crippen molar-refractivity contribution in [3.05, 3.63) is 52.9 Å². The molecule has 26 heavy (non-hydrogen) atoms. The molecule has 1 saturated carbocycles. The molecule has 8 nitrogen and oxygen atoms in total. The zero-order valence-electron chi connectivity index (χ0n) is 14.2. The Labute approximate surface area is 155 Å². The van der Waals surface area contributed by atoms with Gasteiger partial charge in [0.25, 0.3) is 5.69 Å². The van der Waals surface area contributed by atoms with Crippen LogP contribution in [0.25, 0.3) is 0 Å². The van der Waals surface area contributed by atoms with E-state index in [9.17, 15) is 15.2 Å². The number of allylic oxidation sites excluding steroid dienone is 1. The molecule has 0 aliphatic heterocycles. The maximum Gasteiger partial charge on any atom is 0.273 e. The molecule has 138 valence electrons. The van der Waals surface area contributed by atoms with Crippen molar-refractivity contribution in [2.45, 2.75) is 36.6 Å². The highest BCUT2D eigenvalue weighted by atomic mass is 32.2. The largest absolute Gasteiger partial charge is 0.491 e. The van der Waals surface area contributed by atoms with Crippen LogP contribution >= 0.6 is 11.8 Å². The zero-order valence-corrected chi connectivity index (χ0v) is 15.0. The van der Waals surface area contributed by atoms with E-state index >= 15 is 0 Å². The minimum atomic E-state index is -0.738. The summed E-state index contributed by atoms with van der Waals surface area (Å²) in [5, 5.41) is 30.1. The van der Waals surface area contributed by atoms with Crippen LogP contribution in [0.4, 0.5) is 5.69 Å². The molecule has 1 aromatic carbocycles. The zero-order chi connectivity index (χ0) is 18.5. The lowest BCUT2D eigenvalue weighted by Crippen LogP contribution is -2.20. The van der Waals surface area contributed by atoms with E-state index in [1.807, 2.05) is 4.57 Å². The maximum absolute atomic E-state index is 10.8. The third kappa shape index (κ3) is 4.61. The average molecular weight is 376 g/mol. The molecule has 0 saturated heterocycles. The second kappa shape index (κ2) is 8.33. The van der Waals surface area contributed by atoms with Crippen molar-refractivity contribution in [1.82, 2.24) is 14.8 Å². The van der Waals surface area contributed by atoms with Gasteiger partial charge in [-0.1, -0.05) is 23.9 Å². The number of non-ortho nitro benzene ring substituents is 1. The number of benzene rings is 1. The molecule has 0 spiro atoms. The molecule has 3 rings (SSSR count). The van der Waals surface area contributed by atoms with E-state index in [0.29, 0.717) is 24.0 Å². The lowest BCUT2D eigenvalue weighted by Gasteiger charge is -2.12. The molecule has 2 aromatic rings. The Morgan fingerprint density at radius 2 is 2.31 bits per heavy atom. The SMILES string of the molecule is C=CCn1c(SC[C@@H](O)COc2cccc([N+](=O)[O-])c2)nnc1C1CC1. The van der Waals surface area contributed by atoms with Crippen LogP contribution in [0.15, 0.2) is 42.1 Å². The summed E-state index contributed by atoms with van der Waals surface area (Å²) < 4.78 is 7.48. The van der Waals surface area contributed by atoms with Crippen LogP contribution in [0.3, 0.4) is 0 Å². The van der Waals surface area contributed by atoms with Crippen LogP contribution in [-0.4, -0.2) is 43.3 Å². The number of nitro groups is 1. The first-order valence-electron chi connectivity index (χ1n) is 8.30. The monoisotopic (exact) mass is 376 g/mol. The third-order valence-electron chi connectivity index (χ3n) is 3.88. The van der Waals surface area contributed by atoms with E-state index < -0.39 is 11.0 Å². The summed E-state index contributed by atoms with van der Waals surface area (Å²) in [6.07, 6.45) is 3.35. The normalized spacial score (nSPS) is 14.8. The highest BCUT2D eigenvalue weighted by Gasteiger charge is 2.30. The summed E-state index contributed by atoms with van der Waals surface area (Å²) in [5.41, 5.74) is -0.0449. The Bertz CT molecular complexity index is 791. The number of nitrogens with zero attached hydrogens (tertiary/aromatic N) is 4. The molecular formula is C17H20N4O4S. The van der Waals surface area contributed by atoms with Gasteiger partial charge >= 0.3 is 0 Å². The van der Waals surface area contributed by atoms with Gasteiger partial charge in [-0.05, 0) is 18.9 Å². The summed E-state index contributed by atoms with van der Waals surface area (Å²) >= 11 is 1.41. The maximum atomic E-state index is 10.8. The van der Waals surface area contributed by atoms with Gasteiger partial charge in [-0.3, -0.25) is 10.1 Å². The minimum absolute atomic E-state index is 0.0409. The van der Waals surface area contributed by atoms with Crippen LogP contribution < -0.4 is 4.74 Å². The fourth-order valence-corrected chi connectivity index (χ4v) is 3.31. The molecule has 1 aliphatic carbocycles. The molecule has 1 heterocycles. The summed E-state index contributed by atoms with van der Waals surface area (Å²) in [6, 6.07) is 5.90. The quantitative estimate of drug-likeness (QED) is 0.294. The van der Waals surface area contributed by atoms with Gasteiger partial charge in [0, 0.05) is 24.3 Å². The highest BCUT2D eigenvalue weighted by molar-refractivity contribution is 7.99. The van der Waals surface area contributed by atoms with Gasteiger partial charge in [-0.15, -0.1) is 16.8 Å². The second-order valence-electron chi connectivity index (χ2n) is 6.04. The number of aliphatic hydroxyl groups is 1. The van der Waals surface area contributed by atoms with Crippen molar-refractivity contribution >= 4 is 17.4 Å². The van der Waals surface area contributed by atoms with Gasteiger partial charge in [0.2, 0.25) is 0 Å². The summed E-state index contributed by atoms with van der Waals surface area (Å²) in [6.45, 7) is 4.45. The van der Waals surface area contributed by atoms with Crippen molar-refractivity contribution in [3.8, 4) is 5.75 Å². The molecule has 1 atom stereocenters. The molecule has 0 amide bonds. The summed E-state index contributed by atoms with van der Waals surface area (Å²) in [5.74, 6) is 2.21. The van der Waals surface area contributed by atoms with Crippen molar-refractivity contribution in [2.75, 3.05) is 12.4 Å². The molecule has 9 heteroatoms. The lowest BCUT2D eigenvalue weighted by molar-refractivity contribution is -0.384. The van der Waals surface area contributed by atoms with E-state index in [1.54, 1.807) is 18.2 Å². The Balaban J connectivity index is 1.53. The van der Waals surface area contributed by atoms with Gasteiger partial charge in [0.1, 0.15) is 18.2 Å². The summed E-state index contributed by atoms with van der Waals surface area (Å²) in [7, 11) is 0. The number of ether oxygens (including phenoxy) is 1. The van der Waals surface area contributed by atoms with E-state index in [4.69, 9.17) is 4.74 Å². The Morgan fingerprint density at radius 1 is 1.50 bits per heavy atom. The van der Waals surface area contributed by atoms with Gasteiger partial charge in [0.05, 0.1) is 17.1 Å². The van der Waals surface area contributed by atoms with Crippen LogP contribution in [0.5, 0.6) is 5.75 Å². The highest BCUT2D eigenvalue weighted by Crippen LogP contribution is 2.40. The van der Waals surface area contributed by atoms with Crippen molar-refractivity contribution in [1.29, 1.82) is 0 Å². The van der Waals surface area contributed by atoms with Gasteiger partial charge in [0.15, 0.2) is 5.16 Å². The van der Waals surface area contributed by atoms with Crippen LogP contribution in [0, 0.1) is 10.1 Å². The predicted molar refractivity (Wildman–Crippen MR) is 97.5 cm³/mol. The smallest absolute Gasteiger partial charge is 0.273 e. The molecule has 1 aromatic heterocycles. The minimum Gasteiger partial charge on any atom is -0.491 e. The van der Waals surface area contributed by atoms with Gasteiger partial charge in [-0.25, -0.2) is 0 Å². The Morgan fingerprint density at radius 3 is 3.00 bits per heavy atom. The number of rotatable bonds is 10. The fraction of sp³-hybridized carbons (Fsp3) is 0.412. The first-order valence-corrected chi connectivity index (χ1v) is 9.29. The van der Waals surface area contributed by atoms with E-state index in [2.05, 4.69) is 16.8 Å². The molecule has 0 radical (unpaired) electrons. The van der Waals surface area contributed by atoms with Gasteiger partial charge < -0.3 is 14.4 Å². The molecular weight excluding hydrogens is 356 g/mol. The van der Waals surface area contributed by atoms with E-state index in [0.717, 1.165) is 23.8 Å². The Kier molecular flexibility index (Phi) is 5.89. The Hall–Kier alpha value is -2.39. The van der Waals surface area contributed by atoms with Crippen molar-refractivity contribution in [2.24, 2.45) is 0 Å². The molecule has 1 N–H and O–H groups in total. The topological polar surface area (TPSA) is 103 Å². The van der Waals surface area contributed by atoms with Crippen LogP contribution in [0.1, 0.15) is 24.6 Å². The lowest BCUT2D eigenvalue weighted by atomic mass is 10.3. The van der Waals surface area contributed by atoms with E-state index in [1.165, 1.54) is 23.9 Å². The standard InChI is InChI=1S/C17H20N4O4S/c1-2-8-20-16(12-6-7-12)18-19-17(20)26-11-14(22)10-25-15-5-3-4-13(9-15)21(23)24/h2-5,9,12,14,22H,1,6-8,10-11H2/t14-/m0/s1. The van der Waals surface area contributed by atoms with E-state index in [-0.39, 0.29) is 12.3 Å². The van der Waals surface area contributed by atoms with Crippen LogP contribution in [0.2, 0.25) is 0 Å². The molecule has 0 unspecified atom stereocenters. The number of hydrogen-bond acceptors (Lipinski definition) is 7. The number of nitro benzene ring substituents is 1.